The number of fused-ring (bicyclic) bond motifs is 2. The van der Waals surface area contributed by atoms with Crippen LogP contribution in [0.1, 0.15) is 18.4 Å². The molecule has 0 saturated carbocycles. The Morgan fingerprint density at radius 2 is 1.39 bits per heavy atom. The molecule has 126 valence electrons. The van der Waals surface area contributed by atoms with Gasteiger partial charge in [0.1, 0.15) is 5.78 Å². The highest BCUT2D eigenvalue weighted by atomic mass is 19.2. The Balaban J connectivity index is 1.81. The van der Waals surface area contributed by atoms with Gasteiger partial charge in [-0.25, -0.2) is 22.0 Å². The highest BCUT2D eigenvalue weighted by molar-refractivity contribution is 5.83. The summed E-state index contributed by atoms with van der Waals surface area (Å²) in [7, 11) is 0. The Morgan fingerprint density at radius 1 is 0.913 bits per heavy atom. The van der Waals surface area contributed by atoms with E-state index in [9.17, 15) is 26.7 Å². The average Bonchev–Trinajstić information content (AvgIpc) is 2.54. The van der Waals surface area contributed by atoms with Crippen molar-refractivity contribution in [2.75, 3.05) is 13.2 Å². The van der Waals surface area contributed by atoms with E-state index in [4.69, 9.17) is 4.74 Å². The molecule has 1 aromatic rings. The molecule has 2 saturated heterocycles. The van der Waals surface area contributed by atoms with E-state index in [-0.39, 0.29) is 12.1 Å². The summed E-state index contributed by atoms with van der Waals surface area (Å²) in [6.07, 6.45) is 0.0339. The standard InChI is InChI=1S/C15H14F5NO2/c16-11-9(12(17)14(19)15(20)13(11)18)3-10(22)6-1-7-4-23-5-8(2-6)21-7/h6-8,21H,1-5H2. The van der Waals surface area contributed by atoms with E-state index in [0.29, 0.717) is 26.1 Å². The predicted molar refractivity (Wildman–Crippen MR) is 69.2 cm³/mol. The Labute approximate surface area is 128 Å². The largest absolute Gasteiger partial charge is 0.378 e. The number of ketones is 1. The summed E-state index contributed by atoms with van der Waals surface area (Å²) in [5.41, 5.74) is -1.06. The van der Waals surface area contributed by atoms with Crippen molar-refractivity contribution in [2.24, 2.45) is 5.92 Å². The van der Waals surface area contributed by atoms with Gasteiger partial charge in [-0.05, 0) is 12.8 Å². The van der Waals surface area contributed by atoms with Gasteiger partial charge in [0.15, 0.2) is 23.3 Å². The second-order valence-corrected chi connectivity index (χ2v) is 5.96. The van der Waals surface area contributed by atoms with Gasteiger partial charge in [0, 0.05) is 30.0 Å². The number of benzene rings is 1. The van der Waals surface area contributed by atoms with Gasteiger partial charge < -0.3 is 10.1 Å². The number of halogens is 5. The molecule has 23 heavy (non-hydrogen) atoms. The lowest BCUT2D eigenvalue weighted by Crippen LogP contribution is -2.55. The highest BCUT2D eigenvalue weighted by Crippen LogP contribution is 2.28. The summed E-state index contributed by atoms with van der Waals surface area (Å²) in [5, 5.41) is 3.26. The van der Waals surface area contributed by atoms with Crippen LogP contribution in [-0.2, 0) is 16.0 Å². The summed E-state index contributed by atoms with van der Waals surface area (Å²) < 4.78 is 72.0. The third-order valence-corrected chi connectivity index (χ3v) is 4.35. The topological polar surface area (TPSA) is 38.3 Å². The zero-order valence-electron chi connectivity index (χ0n) is 12.0. The predicted octanol–water partition coefficient (Wildman–Crippen LogP) is 2.26. The highest BCUT2D eigenvalue weighted by Gasteiger charge is 2.36. The average molecular weight is 335 g/mol. The smallest absolute Gasteiger partial charge is 0.200 e. The zero-order chi connectivity index (χ0) is 16.7. The number of morpholine rings is 1. The third-order valence-electron chi connectivity index (χ3n) is 4.35. The molecule has 0 aliphatic carbocycles. The minimum Gasteiger partial charge on any atom is -0.378 e. The summed E-state index contributed by atoms with van der Waals surface area (Å²) in [4.78, 5) is 12.3. The second kappa shape index (κ2) is 6.16. The lowest BCUT2D eigenvalue weighted by molar-refractivity contribution is -0.125. The fourth-order valence-electron chi connectivity index (χ4n) is 3.22. The van der Waals surface area contributed by atoms with Crippen LogP contribution >= 0.6 is 0 Å². The van der Waals surface area contributed by atoms with E-state index in [2.05, 4.69) is 5.32 Å². The minimum absolute atomic E-state index is 0.0344. The molecule has 2 aliphatic rings. The van der Waals surface area contributed by atoms with E-state index in [1.54, 1.807) is 0 Å². The van der Waals surface area contributed by atoms with Crippen molar-refractivity contribution in [1.82, 2.24) is 5.32 Å². The molecule has 0 aromatic heterocycles. The molecule has 8 heteroatoms. The van der Waals surface area contributed by atoms with Crippen LogP contribution < -0.4 is 5.32 Å². The Morgan fingerprint density at radius 3 is 1.91 bits per heavy atom. The van der Waals surface area contributed by atoms with Crippen molar-refractivity contribution in [3.05, 3.63) is 34.6 Å². The van der Waals surface area contributed by atoms with Crippen LogP contribution in [0.2, 0.25) is 0 Å². The molecule has 2 unspecified atom stereocenters. The Bertz CT molecular complexity index is 610. The van der Waals surface area contributed by atoms with Crippen molar-refractivity contribution in [2.45, 2.75) is 31.3 Å². The number of rotatable bonds is 3. The molecule has 0 spiro atoms. The molecule has 0 radical (unpaired) electrons. The molecule has 1 aromatic carbocycles. The van der Waals surface area contributed by atoms with Crippen LogP contribution in [0.4, 0.5) is 22.0 Å². The maximum absolute atomic E-state index is 13.7. The van der Waals surface area contributed by atoms with Crippen LogP contribution in [-0.4, -0.2) is 31.1 Å². The number of carbonyl (C=O) groups excluding carboxylic acids is 1. The first-order valence-corrected chi connectivity index (χ1v) is 7.25. The van der Waals surface area contributed by atoms with Gasteiger partial charge >= 0.3 is 0 Å². The molecule has 2 bridgehead atoms. The molecule has 2 aliphatic heterocycles. The first kappa shape index (κ1) is 16.3. The van der Waals surface area contributed by atoms with Gasteiger partial charge in [0.05, 0.1) is 13.2 Å². The van der Waals surface area contributed by atoms with Gasteiger partial charge in [-0.15, -0.1) is 0 Å². The van der Waals surface area contributed by atoms with Crippen molar-refractivity contribution in [3.8, 4) is 0 Å². The van der Waals surface area contributed by atoms with Crippen LogP contribution in [0.5, 0.6) is 0 Å². The zero-order valence-corrected chi connectivity index (χ0v) is 12.0. The van der Waals surface area contributed by atoms with E-state index in [0.717, 1.165) is 0 Å². The fraction of sp³-hybridized carbons (Fsp3) is 0.533. The molecule has 1 N–H and O–H groups in total. The van der Waals surface area contributed by atoms with Crippen LogP contribution in [0, 0.1) is 35.0 Å². The van der Waals surface area contributed by atoms with Crippen LogP contribution in [0.25, 0.3) is 0 Å². The number of carbonyl (C=O) groups is 1. The molecule has 2 atom stereocenters. The molecule has 0 amide bonds. The normalized spacial score (nSPS) is 27.1. The summed E-state index contributed by atoms with van der Waals surface area (Å²) >= 11 is 0. The van der Waals surface area contributed by atoms with Crippen LogP contribution in [0.15, 0.2) is 0 Å². The number of piperidine rings is 1. The molecule has 2 fully saturated rings. The summed E-state index contributed by atoms with van der Waals surface area (Å²) in [6.45, 7) is 0.867. The quantitative estimate of drug-likeness (QED) is 0.523. The minimum atomic E-state index is -2.22. The van der Waals surface area contributed by atoms with E-state index >= 15 is 0 Å². The lowest BCUT2D eigenvalue weighted by Gasteiger charge is -2.39. The van der Waals surface area contributed by atoms with E-state index < -0.39 is 52.8 Å². The SMILES string of the molecule is O=C(Cc1c(F)c(F)c(F)c(F)c1F)C1CC2COCC(C1)N2. The first-order valence-electron chi connectivity index (χ1n) is 7.25. The van der Waals surface area contributed by atoms with Gasteiger partial charge in [-0.2, -0.15) is 0 Å². The maximum Gasteiger partial charge on any atom is 0.200 e. The molecular formula is C15H14F5NO2. The lowest BCUT2D eigenvalue weighted by atomic mass is 9.82. The van der Waals surface area contributed by atoms with Crippen molar-refractivity contribution < 1.29 is 31.5 Å². The molecule has 3 rings (SSSR count). The Kier molecular flexibility index (Phi) is 4.37. The molecule has 2 heterocycles. The number of hydrogen-bond donors (Lipinski definition) is 1. The van der Waals surface area contributed by atoms with Crippen molar-refractivity contribution in [3.63, 3.8) is 0 Å². The van der Waals surface area contributed by atoms with Gasteiger partial charge in [0.2, 0.25) is 5.82 Å². The van der Waals surface area contributed by atoms with Gasteiger partial charge in [-0.3, -0.25) is 4.79 Å². The van der Waals surface area contributed by atoms with Crippen LogP contribution in [0.3, 0.4) is 0 Å². The second-order valence-electron chi connectivity index (χ2n) is 5.96. The third kappa shape index (κ3) is 2.97. The number of hydrogen-bond acceptors (Lipinski definition) is 3. The van der Waals surface area contributed by atoms with Crippen molar-refractivity contribution in [1.29, 1.82) is 0 Å². The van der Waals surface area contributed by atoms with Crippen molar-refractivity contribution >= 4 is 5.78 Å². The maximum atomic E-state index is 13.7. The monoisotopic (exact) mass is 335 g/mol. The summed E-state index contributed by atoms with van der Waals surface area (Å²) in [5.74, 6) is -11.1. The Hall–Kier alpha value is -1.54. The molecular weight excluding hydrogens is 321 g/mol. The van der Waals surface area contributed by atoms with E-state index in [1.807, 2.05) is 0 Å². The molecule has 3 nitrogen and oxygen atoms in total. The van der Waals surface area contributed by atoms with Gasteiger partial charge in [-0.1, -0.05) is 0 Å². The fourth-order valence-corrected chi connectivity index (χ4v) is 3.22. The van der Waals surface area contributed by atoms with Gasteiger partial charge in [0.25, 0.3) is 0 Å². The first-order chi connectivity index (χ1) is 10.9. The summed E-state index contributed by atoms with van der Waals surface area (Å²) in [6, 6.07) is -0.0688. The number of nitrogens with one attached hydrogen (secondary N) is 1. The number of Topliss-reactive ketones (excluding diaryl/α,β-unsaturated/α-hetero) is 1. The van der Waals surface area contributed by atoms with E-state index in [1.165, 1.54) is 0 Å². The number of ether oxygens (including phenoxy) is 1.